The molecule has 1 N–H and O–H groups in total. The Hall–Kier alpha value is -2.88. The van der Waals surface area contributed by atoms with Crippen molar-refractivity contribution in [3.8, 4) is 5.75 Å². The molecule has 4 nitrogen and oxygen atoms in total. The van der Waals surface area contributed by atoms with Gasteiger partial charge in [0.1, 0.15) is 5.75 Å². The van der Waals surface area contributed by atoms with E-state index in [0.29, 0.717) is 6.61 Å². The number of benzene rings is 2. The molecule has 0 aliphatic carbocycles. The molecule has 0 atom stereocenters. The molecular weight excluding hydrogens is 300 g/mol. The van der Waals surface area contributed by atoms with E-state index < -0.39 is 0 Å². The van der Waals surface area contributed by atoms with Crippen molar-refractivity contribution >= 4 is 22.5 Å². The van der Waals surface area contributed by atoms with Crippen LogP contribution in [0, 0.1) is 13.8 Å². The average Bonchev–Trinajstić information content (AvgIpc) is 2.59. The quantitative estimate of drug-likeness (QED) is 0.764. The summed E-state index contributed by atoms with van der Waals surface area (Å²) >= 11 is 0. The number of aryl methyl sites for hydroxylation is 1. The molecule has 122 valence electrons. The van der Waals surface area contributed by atoms with E-state index in [-0.39, 0.29) is 12.3 Å². The van der Waals surface area contributed by atoms with Crippen LogP contribution in [0.3, 0.4) is 0 Å². The van der Waals surface area contributed by atoms with Crippen LogP contribution in [-0.2, 0) is 4.79 Å². The van der Waals surface area contributed by atoms with E-state index >= 15 is 0 Å². The van der Waals surface area contributed by atoms with Crippen molar-refractivity contribution in [2.24, 2.45) is 0 Å². The van der Waals surface area contributed by atoms with Gasteiger partial charge in [0.2, 0.25) is 5.91 Å². The molecule has 0 aliphatic heterocycles. The molecule has 0 bridgehead atoms. The largest absolute Gasteiger partial charge is 0.493 e. The molecule has 4 heteroatoms. The first-order valence-electron chi connectivity index (χ1n) is 7.98. The molecule has 0 unspecified atom stereocenters. The Morgan fingerprint density at radius 1 is 1.08 bits per heavy atom. The van der Waals surface area contributed by atoms with Crippen molar-refractivity contribution in [3.63, 3.8) is 0 Å². The molecule has 0 spiro atoms. The van der Waals surface area contributed by atoms with Gasteiger partial charge in [0, 0.05) is 11.6 Å². The van der Waals surface area contributed by atoms with Crippen molar-refractivity contribution in [1.82, 2.24) is 4.98 Å². The Morgan fingerprint density at radius 2 is 1.88 bits per heavy atom. The minimum absolute atomic E-state index is 0.0848. The summed E-state index contributed by atoms with van der Waals surface area (Å²) in [6, 6.07) is 15.5. The zero-order valence-corrected chi connectivity index (χ0v) is 13.9. The fourth-order valence-electron chi connectivity index (χ4n) is 2.55. The number of nitrogens with zero attached hydrogens (tertiary/aromatic N) is 1. The summed E-state index contributed by atoms with van der Waals surface area (Å²) < 4.78 is 5.74. The van der Waals surface area contributed by atoms with Crippen molar-refractivity contribution < 1.29 is 9.53 Å². The van der Waals surface area contributed by atoms with E-state index in [4.69, 9.17) is 4.74 Å². The topological polar surface area (TPSA) is 51.2 Å². The molecule has 3 aromatic rings. The zero-order valence-electron chi connectivity index (χ0n) is 13.9. The van der Waals surface area contributed by atoms with Gasteiger partial charge in [-0.05, 0) is 43.2 Å². The molecule has 0 radical (unpaired) electrons. The number of nitrogens with one attached hydrogen (secondary N) is 1. The summed E-state index contributed by atoms with van der Waals surface area (Å²) in [6.07, 6.45) is 2.01. The predicted octanol–water partition coefficient (Wildman–Crippen LogP) is 4.26. The number of amides is 1. The van der Waals surface area contributed by atoms with Crippen LogP contribution in [0.5, 0.6) is 5.75 Å². The van der Waals surface area contributed by atoms with Crippen molar-refractivity contribution in [3.05, 3.63) is 65.9 Å². The predicted molar refractivity (Wildman–Crippen MR) is 96.4 cm³/mol. The number of pyridine rings is 1. The maximum Gasteiger partial charge on any atom is 0.227 e. The molecule has 1 heterocycles. The van der Waals surface area contributed by atoms with E-state index in [0.717, 1.165) is 27.9 Å². The fourth-order valence-corrected chi connectivity index (χ4v) is 2.55. The van der Waals surface area contributed by atoms with Gasteiger partial charge in [-0.25, -0.2) is 0 Å². The van der Waals surface area contributed by atoms with Gasteiger partial charge >= 0.3 is 0 Å². The van der Waals surface area contributed by atoms with E-state index in [1.807, 2.05) is 62.4 Å². The number of anilines is 1. The maximum atomic E-state index is 12.2. The molecule has 1 aromatic heterocycles. The number of rotatable bonds is 5. The normalized spacial score (nSPS) is 10.6. The van der Waals surface area contributed by atoms with E-state index in [2.05, 4.69) is 10.3 Å². The van der Waals surface area contributed by atoms with Crippen LogP contribution in [0.4, 0.5) is 5.69 Å². The van der Waals surface area contributed by atoms with E-state index in [9.17, 15) is 4.79 Å². The lowest BCUT2D eigenvalue weighted by Crippen LogP contribution is -2.15. The first-order valence-corrected chi connectivity index (χ1v) is 7.98. The number of para-hydroxylation sites is 1. The van der Waals surface area contributed by atoms with Crippen LogP contribution in [0.15, 0.2) is 54.7 Å². The Bertz CT molecular complexity index is 869. The standard InChI is InChI=1S/C20H20N2O2/c1-14-6-3-10-18(15(14)2)24-13-11-19(23)22-17-9-4-7-16-8-5-12-21-20(16)17/h3-10,12H,11,13H2,1-2H3,(H,22,23). The third kappa shape index (κ3) is 3.54. The fraction of sp³-hybridized carbons (Fsp3) is 0.200. The lowest BCUT2D eigenvalue weighted by molar-refractivity contribution is -0.116. The lowest BCUT2D eigenvalue weighted by Gasteiger charge is -2.11. The minimum Gasteiger partial charge on any atom is -0.493 e. The van der Waals surface area contributed by atoms with Crippen LogP contribution < -0.4 is 10.1 Å². The third-order valence-corrected chi connectivity index (χ3v) is 4.05. The molecule has 0 saturated carbocycles. The molecule has 2 aromatic carbocycles. The van der Waals surface area contributed by atoms with Gasteiger partial charge in [-0.1, -0.05) is 30.3 Å². The zero-order chi connectivity index (χ0) is 16.9. The SMILES string of the molecule is Cc1cccc(OCCC(=O)Nc2cccc3cccnc23)c1C. The second-order valence-electron chi connectivity index (χ2n) is 5.73. The molecule has 0 aliphatic rings. The lowest BCUT2D eigenvalue weighted by atomic mass is 10.1. The Balaban J connectivity index is 1.60. The average molecular weight is 320 g/mol. The second kappa shape index (κ2) is 7.13. The maximum absolute atomic E-state index is 12.2. The van der Waals surface area contributed by atoms with Gasteiger partial charge in [0.05, 0.1) is 24.2 Å². The summed E-state index contributed by atoms with van der Waals surface area (Å²) in [5.41, 5.74) is 3.81. The van der Waals surface area contributed by atoms with Crippen LogP contribution in [0.1, 0.15) is 17.5 Å². The van der Waals surface area contributed by atoms with Crippen LogP contribution in [0.2, 0.25) is 0 Å². The summed E-state index contributed by atoms with van der Waals surface area (Å²) in [7, 11) is 0. The van der Waals surface area contributed by atoms with Crippen molar-refractivity contribution in [2.75, 3.05) is 11.9 Å². The monoisotopic (exact) mass is 320 g/mol. The molecule has 24 heavy (non-hydrogen) atoms. The second-order valence-corrected chi connectivity index (χ2v) is 5.73. The van der Waals surface area contributed by atoms with E-state index in [1.165, 1.54) is 5.56 Å². The Morgan fingerprint density at radius 3 is 2.75 bits per heavy atom. The minimum atomic E-state index is -0.0848. The Kier molecular flexibility index (Phi) is 4.75. The number of fused-ring (bicyclic) bond motifs is 1. The van der Waals surface area contributed by atoms with Gasteiger partial charge in [-0.3, -0.25) is 9.78 Å². The van der Waals surface area contributed by atoms with Gasteiger partial charge < -0.3 is 10.1 Å². The van der Waals surface area contributed by atoms with Gasteiger partial charge in [0.25, 0.3) is 0 Å². The highest BCUT2D eigenvalue weighted by Gasteiger charge is 2.08. The Labute approximate surface area is 141 Å². The summed E-state index contributed by atoms with van der Waals surface area (Å²) in [5.74, 6) is 0.744. The first-order chi connectivity index (χ1) is 11.6. The molecular formula is C20H20N2O2. The molecule has 3 rings (SSSR count). The van der Waals surface area contributed by atoms with Crippen molar-refractivity contribution in [1.29, 1.82) is 0 Å². The number of hydrogen-bond acceptors (Lipinski definition) is 3. The molecule has 1 amide bonds. The number of carbonyl (C=O) groups is 1. The van der Waals surface area contributed by atoms with Crippen LogP contribution >= 0.6 is 0 Å². The summed E-state index contributed by atoms with van der Waals surface area (Å²) in [5, 5.41) is 3.92. The highest BCUT2D eigenvalue weighted by atomic mass is 16.5. The molecule has 0 fully saturated rings. The summed E-state index contributed by atoms with van der Waals surface area (Å²) in [6.45, 7) is 4.41. The van der Waals surface area contributed by atoms with Crippen LogP contribution in [0.25, 0.3) is 10.9 Å². The highest BCUT2D eigenvalue weighted by Crippen LogP contribution is 2.22. The number of carbonyl (C=O) groups excluding carboxylic acids is 1. The summed E-state index contributed by atoms with van der Waals surface area (Å²) in [4.78, 5) is 16.5. The smallest absolute Gasteiger partial charge is 0.227 e. The van der Waals surface area contributed by atoms with Gasteiger partial charge in [-0.15, -0.1) is 0 Å². The van der Waals surface area contributed by atoms with Crippen LogP contribution in [-0.4, -0.2) is 17.5 Å². The number of hydrogen-bond donors (Lipinski definition) is 1. The molecule has 0 saturated heterocycles. The van der Waals surface area contributed by atoms with Gasteiger partial charge in [0.15, 0.2) is 0 Å². The third-order valence-electron chi connectivity index (χ3n) is 4.05. The van der Waals surface area contributed by atoms with Gasteiger partial charge in [-0.2, -0.15) is 0 Å². The number of ether oxygens (including phenoxy) is 1. The number of aromatic nitrogens is 1. The van der Waals surface area contributed by atoms with E-state index in [1.54, 1.807) is 6.20 Å². The first kappa shape index (κ1) is 16.0. The van der Waals surface area contributed by atoms with Crippen molar-refractivity contribution in [2.45, 2.75) is 20.3 Å². The highest BCUT2D eigenvalue weighted by molar-refractivity contribution is 6.00.